The van der Waals surface area contributed by atoms with Gasteiger partial charge in [-0.2, -0.15) is 0 Å². The van der Waals surface area contributed by atoms with Crippen molar-refractivity contribution in [2.24, 2.45) is 0 Å². The van der Waals surface area contributed by atoms with E-state index in [1.54, 1.807) is 18.2 Å². The van der Waals surface area contributed by atoms with Crippen molar-refractivity contribution in [1.29, 1.82) is 0 Å². The molecule has 0 aliphatic carbocycles. The molecule has 0 aliphatic heterocycles. The largest absolute Gasteiger partial charge is 0.238 e. The van der Waals surface area contributed by atoms with Crippen molar-refractivity contribution < 1.29 is 0 Å². The maximum absolute atomic E-state index is 7.09. The average Bonchev–Trinajstić information content (AvgIpc) is 2.39. The van der Waals surface area contributed by atoms with Gasteiger partial charge in [0.05, 0.1) is 13.1 Å². The van der Waals surface area contributed by atoms with Gasteiger partial charge in [-0.3, -0.25) is 0 Å². The fourth-order valence-electron chi connectivity index (χ4n) is 1.53. The van der Waals surface area contributed by atoms with Crippen LogP contribution in [0.4, 0.5) is 11.4 Å². The van der Waals surface area contributed by atoms with Gasteiger partial charge in [0.1, 0.15) is 0 Å². The molecule has 2 rings (SSSR count). The molecular formula is C14H8N2. The quantitative estimate of drug-likeness (QED) is 0.606. The second-order valence-electron chi connectivity index (χ2n) is 3.29. The number of hydrogen-bond acceptors (Lipinski definition) is 0. The molecular weight excluding hydrogens is 196 g/mol. The second kappa shape index (κ2) is 4.29. The lowest BCUT2D eigenvalue weighted by molar-refractivity contribution is 1.63. The topological polar surface area (TPSA) is 8.72 Å². The van der Waals surface area contributed by atoms with Gasteiger partial charge in [0.2, 0.25) is 0 Å². The second-order valence-corrected chi connectivity index (χ2v) is 3.29. The third kappa shape index (κ3) is 1.78. The maximum atomic E-state index is 7.09. The highest BCUT2D eigenvalue weighted by Crippen LogP contribution is 2.30. The van der Waals surface area contributed by atoms with E-state index in [2.05, 4.69) is 9.69 Å². The number of nitrogens with zero attached hydrogens (tertiary/aromatic N) is 2. The summed E-state index contributed by atoms with van der Waals surface area (Å²) in [7, 11) is 0. The van der Waals surface area contributed by atoms with E-state index in [1.807, 2.05) is 30.3 Å². The summed E-state index contributed by atoms with van der Waals surface area (Å²) >= 11 is 0. The summed E-state index contributed by atoms with van der Waals surface area (Å²) in [6.07, 6.45) is 0. The molecule has 0 aliphatic rings. The smallest absolute Gasteiger partial charge is 0.194 e. The lowest BCUT2D eigenvalue weighted by Gasteiger charge is -2.03. The van der Waals surface area contributed by atoms with Crippen LogP contribution < -0.4 is 0 Å². The first kappa shape index (κ1) is 9.96. The van der Waals surface area contributed by atoms with Crippen LogP contribution in [0.5, 0.6) is 0 Å². The summed E-state index contributed by atoms with van der Waals surface area (Å²) in [4.78, 5) is 6.82. The molecule has 0 amide bonds. The molecule has 0 fully saturated rings. The molecule has 2 heteroatoms. The average molecular weight is 204 g/mol. The van der Waals surface area contributed by atoms with Crippen molar-refractivity contribution in [2.45, 2.75) is 0 Å². The van der Waals surface area contributed by atoms with Crippen molar-refractivity contribution >= 4 is 11.4 Å². The molecule has 2 aromatic carbocycles. The van der Waals surface area contributed by atoms with Crippen molar-refractivity contribution in [2.75, 3.05) is 0 Å². The molecule has 2 nitrogen and oxygen atoms in total. The van der Waals surface area contributed by atoms with Gasteiger partial charge in [0, 0.05) is 0 Å². The Morgan fingerprint density at radius 1 is 0.750 bits per heavy atom. The summed E-state index contributed by atoms with van der Waals surface area (Å²) in [5, 5.41) is 0. The van der Waals surface area contributed by atoms with E-state index in [1.165, 1.54) is 0 Å². The number of hydrogen-bond donors (Lipinski definition) is 0. The molecule has 16 heavy (non-hydrogen) atoms. The lowest BCUT2D eigenvalue weighted by Crippen LogP contribution is -1.76. The van der Waals surface area contributed by atoms with Crippen LogP contribution in [-0.4, -0.2) is 0 Å². The Kier molecular flexibility index (Phi) is 2.67. The van der Waals surface area contributed by atoms with Crippen LogP contribution in [0.2, 0.25) is 0 Å². The first-order valence-electron chi connectivity index (χ1n) is 4.79. The predicted molar refractivity (Wildman–Crippen MR) is 64.4 cm³/mol. The zero-order valence-corrected chi connectivity index (χ0v) is 8.51. The highest BCUT2D eigenvalue weighted by Gasteiger charge is 2.03. The Balaban J connectivity index is 2.52. The van der Waals surface area contributed by atoms with Gasteiger partial charge in [-0.15, -0.1) is 0 Å². The van der Waals surface area contributed by atoms with E-state index in [0.717, 1.165) is 11.1 Å². The monoisotopic (exact) mass is 204 g/mol. The van der Waals surface area contributed by atoms with Crippen molar-refractivity contribution in [3.8, 4) is 11.1 Å². The summed E-state index contributed by atoms with van der Waals surface area (Å²) < 4.78 is 0. The number of rotatable bonds is 1. The minimum absolute atomic E-state index is 0.615. The normalized spacial score (nSPS) is 9.12. The van der Waals surface area contributed by atoms with E-state index < -0.39 is 0 Å². The van der Waals surface area contributed by atoms with Crippen molar-refractivity contribution in [3.63, 3.8) is 0 Å². The summed E-state index contributed by atoms with van der Waals surface area (Å²) in [5.41, 5.74) is 3.13. The van der Waals surface area contributed by atoms with Gasteiger partial charge < -0.3 is 0 Å². The van der Waals surface area contributed by atoms with Crippen molar-refractivity contribution in [1.82, 2.24) is 0 Å². The van der Waals surface area contributed by atoms with Gasteiger partial charge in [0.15, 0.2) is 11.4 Å². The molecule has 0 saturated carbocycles. The Hall–Kier alpha value is -2.58. The standard InChI is InChI=1S/C14H8N2/c1-15-12-9-7-11(8-10-12)13-5-3-4-6-14(13)16-2/h3-10H. The first-order valence-corrected chi connectivity index (χ1v) is 4.79. The summed E-state index contributed by atoms with van der Waals surface area (Å²) in [5.74, 6) is 0. The lowest BCUT2D eigenvalue weighted by atomic mass is 10.0. The molecule has 0 atom stereocenters. The first-order chi connectivity index (χ1) is 7.85. The van der Waals surface area contributed by atoms with E-state index in [0.29, 0.717) is 11.4 Å². The van der Waals surface area contributed by atoms with Crippen molar-refractivity contribution in [3.05, 3.63) is 71.4 Å². The van der Waals surface area contributed by atoms with Gasteiger partial charge in [-0.1, -0.05) is 48.5 Å². The molecule has 2 aromatic rings. The summed E-state index contributed by atoms with van der Waals surface area (Å²) in [6.45, 7) is 14.0. The van der Waals surface area contributed by atoms with Gasteiger partial charge in [-0.05, 0) is 11.1 Å². The Bertz CT molecular complexity index is 583. The third-order valence-electron chi connectivity index (χ3n) is 2.33. The Labute approximate surface area is 94.4 Å². The predicted octanol–water partition coefficient (Wildman–Crippen LogP) is 4.46. The van der Waals surface area contributed by atoms with Crippen LogP contribution in [0.15, 0.2) is 48.5 Å². The molecule has 0 aromatic heterocycles. The van der Waals surface area contributed by atoms with E-state index in [4.69, 9.17) is 13.1 Å². The minimum atomic E-state index is 0.615. The Morgan fingerprint density at radius 3 is 2.06 bits per heavy atom. The van der Waals surface area contributed by atoms with Crippen LogP contribution in [0.25, 0.3) is 20.8 Å². The molecule has 74 valence electrons. The van der Waals surface area contributed by atoms with Crippen LogP contribution in [0.3, 0.4) is 0 Å². The molecule has 0 spiro atoms. The third-order valence-corrected chi connectivity index (χ3v) is 2.33. The van der Waals surface area contributed by atoms with E-state index in [9.17, 15) is 0 Å². The number of para-hydroxylation sites is 1. The van der Waals surface area contributed by atoms with Crippen LogP contribution >= 0.6 is 0 Å². The number of benzene rings is 2. The van der Waals surface area contributed by atoms with Crippen LogP contribution in [-0.2, 0) is 0 Å². The Morgan fingerprint density at radius 2 is 1.44 bits per heavy atom. The van der Waals surface area contributed by atoms with Gasteiger partial charge in [0.25, 0.3) is 0 Å². The molecule has 0 saturated heterocycles. The van der Waals surface area contributed by atoms with Crippen LogP contribution in [0, 0.1) is 13.1 Å². The van der Waals surface area contributed by atoms with E-state index >= 15 is 0 Å². The highest BCUT2D eigenvalue weighted by molar-refractivity contribution is 5.79. The van der Waals surface area contributed by atoms with Gasteiger partial charge >= 0.3 is 0 Å². The minimum Gasteiger partial charge on any atom is -0.238 e. The van der Waals surface area contributed by atoms with Crippen LogP contribution in [0.1, 0.15) is 0 Å². The SMILES string of the molecule is [C-]#[N+]c1ccc(-c2ccccc2[N+]#[C-])cc1. The van der Waals surface area contributed by atoms with E-state index in [-0.39, 0.29) is 0 Å². The molecule has 0 unspecified atom stereocenters. The fraction of sp³-hybridized carbons (Fsp3) is 0. The molecule has 0 heterocycles. The highest BCUT2D eigenvalue weighted by atomic mass is 14.6. The zero-order chi connectivity index (χ0) is 11.4. The molecule has 0 radical (unpaired) electrons. The fourth-order valence-corrected chi connectivity index (χ4v) is 1.53. The maximum Gasteiger partial charge on any atom is 0.194 e. The molecule has 0 bridgehead atoms. The summed E-state index contributed by atoms with van der Waals surface area (Å²) in [6, 6.07) is 14.8. The zero-order valence-electron chi connectivity index (χ0n) is 8.51. The van der Waals surface area contributed by atoms with Gasteiger partial charge in [-0.25, -0.2) is 9.69 Å². The molecule has 0 N–H and O–H groups in total.